The molecule has 0 aliphatic rings. The first-order chi connectivity index (χ1) is 13.1. The van der Waals surface area contributed by atoms with Crippen molar-refractivity contribution in [3.63, 3.8) is 0 Å². The van der Waals surface area contributed by atoms with Crippen LogP contribution in [-0.4, -0.2) is 19.1 Å². The molecule has 3 aromatic heterocycles. The quantitative estimate of drug-likeness (QED) is 0.473. The van der Waals surface area contributed by atoms with E-state index in [9.17, 15) is 9.59 Å². The summed E-state index contributed by atoms with van der Waals surface area (Å²) < 4.78 is 5.77. The minimum Gasteiger partial charge on any atom is -0.287 e. The van der Waals surface area contributed by atoms with Crippen molar-refractivity contribution < 1.29 is 0 Å². The molecule has 10 nitrogen and oxygen atoms in total. The van der Waals surface area contributed by atoms with Crippen LogP contribution in [0.5, 0.6) is 0 Å². The van der Waals surface area contributed by atoms with Gasteiger partial charge in [0.15, 0.2) is 10.4 Å². The molecule has 0 spiro atoms. The zero-order valence-corrected chi connectivity index (χ0v) is 14.8. The SMILES string of the molecule is Cn1nccc1N/N=c1\c(=O)cc/c(=N\Nc2snc3cccnc23)c1=O. The Morgan fingerprint density at radius 1 is 1.07 bits per heavy atom. The van der Waals surface area contributed by atoms with E-state index in [1.807, 2.05) is 6.07 Å². The molecule has 0 atom stereocenters. The summed E-state index contributed by atoms with van der Waals surface area (Å²) in [5.41, 5.74) is 5.74. The highest BCUT2D eigenvalue weighted by Gasteiger charge is 2.06. The first-order valence-electron chi connectivity index (χ1n) is 7.76. The van der Waals surface area contributed by atoms with Crippen LogP contribution >= 0.6 is 11.5 Å². The van der Waals surface area contributed by atoms with Crippen LogP contribution < -0.4 is 32.4 Å². The maximum absolute atomic E-state index is 12.5. The maximum atomic E-state index is 12.5. The van der Waals surface area contributed by atoms with Crippen molar-refractivity contribution in [1.82, 2.24) is 19.1 Å². The molecule has 11 heteroatoms. The van der Waals surface area contributed by atoms with Crippen LogP contribution in [-0.2, 0) is 7.05 Å². The first-order valence-corrected chi connectivity index (χ1v) is 8.54. The summed E-state index contributed by atoms with van der Waals surface area (Å²) in [5.74, 6) is 0.538. The number of fused-ring (bicyclic) bond motifs is 1. The molecule has 0 amide bonds. The van der Waals surface area contributed by atoms with Gasteiger partial charge in [0, 0.05) is 19.3 Å². The van der Waals surface area contributed by atoms with Gasteiger partial charge in [-0.15, -0.1) is 0 Å². The molecule has 0 saturated heterocycles. The van der Waals surface area contributed by atoms with E-state index in [2.05, 4.69) is 35.5 Å². The lowest BCUT2D eigenvalue weighted by Gasteiger charge is -1.98. The summed E-state index contributed by atoms with van der Waals surface area (Å²) >= 11 is 1.18. The molecule has 0 saturated carbocycles. The number of anilines is 2. The highest BCUT2D eigenvalue weighted by atomic mass is 32.1. The second-order valence-electron chi connectivity index (χ2n) is 5.43. The number of hydrogen-bond acceptors (Lipinski definition) is 10. The Hall–Kier alpha value is -3.73. The standard InChI is InChI=1S/C16H12N8O2S/c1-24-12(6-8-18-24)20-21-14-11(25)5-4-10(15(14)26)19-22-16-13-9(23-27-16)3-2-7-17-13/h2-8,20,22H,1H3/b19-10+,21-14+. The Morgan fingerprint density at radius 2 is 1.96 bits per heavy atom. The lowest BCUT2D eigenvalue weighted by atomic mass is 10.3. The van der Waals surface area contributed by atoms with E-state index in [-0.39, 0.29) is 10.7 Å². The van der Waals surface area contributed by atoms with Crippen LogP contribution in [0.1, 0.15) is 0 Å². The molecule has 4 rings (SSSR count). The molecule has 0 unspecified atom stereocenters. The van der Waals surface area contributed by atoms with E-state index in [1.165, 1.54) is 28.3 Å². The molecule has 0 aliphatic carbocycles. The van der Waals surface area contributed by atoms with Gasteiger partial charge in [0.25, 0.3) is 0 Å². The van der Waals surface area contributed by atoms with Gasteiger partial charge in [-0.25, -0.2) is 0 Å². The molecule has 0 radical (unpaired) electrons. The maximum Gasteiger partial charge on any atom is 0.237 e. The van der Waals surface area contributed by atoms with Crippen molar-refractivity contribution in [2.45, 2.75) is 0 Å². The minimum absolute atomic E-state index is 0.0534. The van der Waals surface area contributed by atoms with Crippen molar-refractivity contribution in [3.8, 4) is 0 Å². The average molecular weight is 380 g/mol. The largest absolute Gasteiger partial charge is 0.287 e. The van der Waals surface area contributed by atoms with Crippen LogP contribution in [0.15, 0.2) is 62.5 Å². The minimum atomic E-state index is -0.591. The summed E-state index contributed by atoms with van der Waals surface area (Å²) in [4.78, 5) is 28.8. The predicted octanol–water partition coefficient (Wildman–Crippen LogP) is -0.124. The number of aromatic nitrogens is 4. The highest BCUT2D eigenvalue weighted by molar-refractivity contribution is 7.11. The Morgan fingerprint density at radius 3 is 2.78 bits per heavy atom. The van der Waals surface area contributed by atoms with Crippen molar-refractivity contribution in [2.24, 2.45) is 17.3 Å². The van der Waals surface area contributed by atoms with Gasteiger partial charge in [-0.2, -0.15) is 19.7 Å². The van der Waals surface area contributed by atoms with Crippen LogP contribution in [0, 0.1) is 0 Å². The number of hydrogen-bond donors (Lipinski definition) is 2. The van der Waals surface area contributed by atoms with Gasteiger partial charge in [0.05, 0.1) is 6.20 Å². The van der Waals surface area contributed by atoms with Crippen molar-refractivity contribution >= 4 is 33.4 Å². The molecule has 2 N–H and O–H groups in total. The Kier molecular flexibility index (Phi) is 4.26. The summed E-state index contributed by atoms with van der Waals surface area (Å²) in [6.45, 7) is 0. The van der Waals surface area contributed by atoms with E-state index in [1.54, 1.807) is 31.6 Å². The third-order valence-corrected chi connectivity index (χ3v) is 4.45. The van der Waals surface area contributed by atoms with E-state index < -0.39 is 10.9 Å². The topological polar surface area (TPSA) is 127 Å². The molecule has 134 valence electrons. The fraction of sp³-hybridized carbons (Fsp3) is 0.0625. The summed E-state index contributed by atoms with van der Waals surface area (Å²) in [7, 11) is 1.71. The summed E-state index contributed by atoms with van der Waals surface area (Å²) in [5, 5.41) is 12.4. The third-order valence-electron chi connectivity index (χ3n) is 3.69. The molecular weight excluding hydrogens is 368 g/mol. The molecule has 4 aromatic rings. The zero-order chi connectivity index (χ0) is 18.8. The van der Waals surface area contributed by atoms with E-state index in [4.69, 9.17) is 0 Å². The first kappa shape index (κ1) is 16.7. The summed E-state index contributed by atoms with van der Waals surface area (Å²) in [6.07, 6.45) is 3.21. The van der Waals surface area contributed by atoms with Crippen LogP contribution in [0.25, 0.3) is 11.0 Å². The summed E-state index contributed by atoms with van der Waals surface area (Å²) in [6, 6.07) is 7.87. The molecule has 0 fully saturated rings. The third kappa shape index (κ3) is 3.22. The molecule has 0 aliphatic heterocycles. The number of aryl methyl sites for hydroxylation is 1. The van der Waals surface area contributed by atoms with E-state index in [0.717, 1.165) is 5.52 Å². The van der Waals surface area contributed by atoms with Gasteiger partial charge in [-0.3, -0.25) is 30.1 Å². The molecule has 3 heterocycles. The lowest BCUT2D eigenvalue weighted by Crippen LogP contribution is -2.48. The van der Waals surface area contributed by atoms with Gasteiger partial charge in [0.2, 0.25) is 10.9 Å². The lowest BCUT2D eigenvalue weighted by molar-refractivity contribution is 0.770. The van der Waals surface area contributed by atoms with E-state index >= 15 is 0 Å². The number of nitrogens with one attached hydrogen (secondary N) is 2. The molecule has 0 bridgehead atoms. The highest BCUT2D eigenvalue weighted by Crippen LogP contribution is 2.24. The Balaban J connectivity index is 1.72. The average Bonchev–Trinajstić information content (AvgIpc) is 3.27. The van der Waals surface area contributed by atoms with Crippen molar-refractivity contribution in [2.75, 3.05) is 10.9 Å². The van der Waals surface area contributed by atoms with E-state index in [0.29, 0.717) is 16.3 Å². The smallest absolute Gasteiger partial charge is 0.237 e. The van der Waals surface area contributed by atoms with Gasteiger partial charge < -0.3 is 0 Å². The monoisotopic (exact) mass is 380 g/mol. The van der Waals surface area contributed by atoms with Crippen molar-refractivity contribution in [1.29, 1.82) is 0 Å². The second kappa shape index (κ2) is 6.88. The van der Waals surface area contributed by atoms with Gasteiger partial charge in [-0.05, 0) is 35.8 Å². The van der Waals surface area contributed by atoms with Gasteiger partial charge >= 0.3 is 0 Å². The van der Waals surface area contributed by atoms with Crippen molar-refractivity contribution in [3.05, 3.63) is 73.9 Å². The van der Waals surface area contributed by atoms with Crippen LogP contribution in [0.2, 0.25) is 0 Å². The number of pyridine rings is 1. The van der Waals surface area contributed by atoms with Crippen LogP contribution in [0.4, 0.5) is 10.8 Å². The normalized spacial score (nSPS) is 12.6. The fourth-order valence-electron chi connectivity index (χ4n) is 2.30. The number of rotatable bonds is 4. The Bertz CT molecular complexity index is 1350. The molecule has 1 aromatic carbocycles. The van der Waals surface area contributed by atoms with Gasteiger partial charge in [0.1, 0.15) is 22.2 Å². The fourth-order valence-corrected chi connectivity index (χ4v) is 2.97. The molecule has 27 heavy (non-hydrogen) atoms. The number of nitrogens with zero attached hydrogens (tertiary/aromatic N) is 6. The predicted molar refractivity (Wildman–Crippen MR) is 100 cm³/mol. The van der Waals surface area contributed by atoms with Crippen LogP contribution in [0.3, 0.4) is 0 Å². The second-order valence-corrected chi connectivity index (χ2v) is 6.20. The zero-order valence-electron chi connectivity index (χ0n) is 13.9. The Labute approximate surface area is 155 Å². The molecular formula is C16H12N8O2S. The van der Waals surface area contributed by atoms with Gasteiger partial charge in [-0.1, -0.05) is 0 Å². The number of benzene rings is 1.